The van der Waals surface area contributed by atoms with E-state index in [1.807, 2.05) is 6.92 Å². The van der Waals surface area contributed by atoms with E-state index in [4.69, 9.17) is 19.9 Å². The van der Waals surface area contributed by atoms with Gasteiger partial charge < -0.3 is 30.2 Å². The second-order valence-corrected chi connectivity index (χ2v) is 6.35. The van der Waals surface area contributed by atoms with Crippen molar-refractivity contribution in [1.82, 2.24) is 5.32 Å². The van der Waals surface area contributed by atoms with Crippen LogP contribution in [0.25, 0.3) is 0 Å². The third-order valence-electron chi connectivity index (χ3n) is 4.36. The summed E-state index contributed by atoms with van der Waals surface area (Å²) in [7, 11) is 4.55. The molecule has 0 spiro atoms. The van der Waals surface area contributed by atoms with Crippen LogP contribution in [0.1, 0.15) is 19.8 Å². The highest BCUT2D eigenvalue weighted by atomic mass is 16.5. The van der Waals surface area contributed by atoms with Crippen molar-refractivity contribution in [2.24, 2.45) is 11.7 Å². The fourth-order valence-corrected chi connectivity index (χ4v) is 2.92. The van der Waals surface area contributed by atoms with E-state index in [2.05, 4.69) is 5.32 Å². The van der Waals surface area contributed by atoms with Crippen LogP contribution in [0.2, 0.25) is 0 Å². The van der Waals surface area contributed by atoms with Crippen LogP contribution in [0, 0.1) is 5.92 Å². The molecule has 8 heteroatoms. The summed E-state index contributed by atoms with van der Waals surface area (Å²) in [4.78, 5) is 26.3. The normalized spacial score (nSPS) is 17.8. The number of methoxy groups -OCH3 is 3. The lowest BCUT2D eigenvalue weighted by Gasteiger charge is -2.20. The minimum absolute atomic E-state index is 0.0243. The molecule has 1 heterocycles. The number of amides is 2. The van der Waals surface area contributed by atoms with E-state index in [9.17, 15) is 9.59 Å². The molecule has 1 fully saturated rings. The summed E-state index contributed by atoms with van der Waals surface area (Å²) in [6.45, 7) is 2.70. The van der Waals surface area contributed by atoms with Crippen LogP contribution in [0.3, 0.4) is 0 Å². The highest BCUT2D eigenvalue weighted by Crippen LogP contribution is 2.42. The highest BCUT2D eigenvalue weighted by Gasteiger charge is 2.35. The molecule has 2 atom stereocenters. The van der Waals surface area contributed by atoms with Gasteiger partial charge in [-0.25, -0.2) is 0 Å². The van der Waals surface area contributed by atoms with E-state index in [1.54, 1.807) is 17.0 Å². The Kier molecular flexibility index (Phi) is 6.68. The summed E-state index contributed by atoms with van der Waals surface area (Å²) in [5, 5.41) is 2.84. The third kappa shape index (κ3) is 4.37. The van der Waals surface area contributed by atoms with Gasteiger partial charge >= 0.3 is 0 Å². The first-order valence-electron chi connectivity index (χ1n) is 8.54. The largest absolute Gasteiger partial charge is 0.493 e. The zero-order valence-electron chi connectivity index (χ0n) is 15.7. The summed E-state index contributed by atoms with van der Waals surface area (Å²) in [6, 6.07) is 3.43. The number of rotatable bonds is 8. The summed E-state index contributed by atoms with van der Waals surface area (Å²) in [5.41, 5.74) is 6.29. The Hall–Kier alpha value is -2.48. The van der Waals surface area contributed by atoms with E-state index >= 15 is 0 Å². The molecular formula is C18H27N3O5. The number of nitrogens with zero attached hydrogens (tertiary/aromatic N) is 1. The van der Waals surface area contributed by atoms with Gasteiger partial charge in [0.1, 0.15) is 0 Å². The van der Waals surface area contributed by atoms with Crippen LogP contribution in [-0.4, -0.2) is 52.3 Å². The van der Waals surface area contributed by atoms with Gasteiger partial charge in [0.15, 0.2) is 11.5 Å². The van der Waals surface area contributed by atoms with Crippen molar-refractivity contribution in [3.63, 3.8) is 0 Å². The van der Waals surface area contributed by atoms with Gasteiger partial charge in [-0.2, -0.15) is 0 Å². The van der Waals surface area contributed by atoms with Gasteiger partial charge in [-0.05, 0) is 13.3 Å². The SMILES string of the molecule is COc1cc(N2CC(C(=O)NCCC(C)N)CC2=O)cc(OC)c1OC. The molecule has 1 aliphatic heterocycles. The molecule has 0 aliphatic carbocycles. The first kappa shape index (κ1) is 19.8. The maximum atomic E-state index is 12.4. The van der Waals surface area contributed by atoms with Gasteiger partial charge in [0.2, 0.25) is 17.6 Å². The topological polar surface area (TPSA) is 103 Å². The predicted octanol–water partition coefficient (Wildman–Crippen LogP) is 0.919. The number of hydrogen-bond donors (Lipinski definition) is 2. The number of nitrogens with one attached hydrogen (secondary N) is 1. The zero-order chi connectivity index (χ0) is 19.3. The monoisotopic (exact) mass is 365 g/mol. The Morgan fingerprint density at radius 2 is 1.88 bits per heavy atom. The van der Waals surface area contributed by atoms with Gasteiger partial charge in [0.25, 0.3) is 0 Å². The second-order valence-electron chi connectivity index (χ2n) is 6.35. The van der Waals surface area contributed by atoms with Crippen molar-refractivity contribution in [1.29, 1.82) is 0 Å². The average Bonchev–Trinajstić information content (AvgIpc) is 3.01. The molecule has 0 bridgehead atoms. The number of hydrogen-bond acceptors (Lipinski definition) is 6. The summed E-state index contributed by atoms with van der Waals surface area (Å²) in [5.74, 6) is 0.727. The molecule has 1 aromatic carbocycles. The van der Waals surface area contributed by atoms with Crippen molar-refractivity contribution >= 4 is 17.5 Å². The maximum Gasteiger partial charge on any atom is 0.227 e. The fourth-order valence-electron chi connectivity index (χ4n) is 2.92. The second kappa shape index (κ2) is 8.75. The Morgan fingerprint density at radius 1 is 1.27 bits per heavy atom. The van der Waals surface area contributed by atoms with Crippen LogP contribution in [0.5, 0.6) is 17.2 Å². The Bertz CT molecular complexity index is 637. The van der Waals surface area contributed by atoms with E-state index in [0.29, 0.717) is 42.4 Å². The Balaban J connectivity index is 2.14. The molecule has 2 unspecified atom stereocenters. The first-order valence-corrected chi connectivity index (χ1v) is 8.54. The van der Waals surface area contributed by atoms with Gasteiger partial charge in [-0.15, -0.1) is 0 Å². The number of carbonyl (C=O) groups excluding carboxylic acids is 2. The molecule has 144 valence electrons. The van der Waals surface area contributed by atoms with Gasteiger partial charge in [-0.1, -0.05) is 0 Å². The van der Waals surface area contributed by atoms with Crippen molar-refractivity contribution in [2.45, 2.75) is 25.8 Å². The maximum absolute atomic E-state index is 12.4. The van der Waals surface area contributed by atoms with E-state index < -0.39 is 5.92 Å². The lowest BCUT2D eigenvalue weighted by molar-refractivity contribution is -0.126. The molecule has 0 radical (unpaired) electrons. The van der Waals surface area contributed by atoms with Crippen molar-refractivity contribution < 1.29 is 23.8 Å². The number of carbonyl (C=O) groups is 2. The number of ether oxygens (including phenoxy) is 3. The molecule has 26 heavy (non-hydrogen) atoms. The highest BCUT2D eigenvalue weighted by molar-refractivity contribution is 6.00. The molecule has 0 aromatic heterocycles. The van der Waals surface area contributed by atoms with Gasteiger partial charge in [0, 0.05) is 37.7 Å². The molecule has 1 saturated heterocycles. The van der Waals surface area contributed by atoms with Gasteiger partial charge in [0.05, 0.1) is 32.9 Å². The number of anilines is 1. The molecule has 0 saturated carbocycles. The molecule has 2 rings (SSSR count). The zero-order valence-corrected chi connectivity index (χ0v) is 15.7. The van der Waals surface area contributed by atoms with Crippen molar-refractivity contribution in [2.75, 3.05) is 39.3 Å². The smallest absolute Gasteiger partial charge is 0.227 e. The molecule has 1 aromatic rings. The van der Waals surface area contributed by atoms with E-state index in [0.717, 1.165) is 0 Å². The Labute approximate surface area is 153 Å². The van der Waals surface area contributed by atoms with Crippen LogP contribution in [0.4, 0.5) is 5.69 Å². The van der Waals surface area contributed by atoms with Crippen molar-refractivity contribution in [3.05, 3.63) is 12.1 Å². The van der Waals surface area contributed by atoms with Crippen LogP contribution >= 0.6 is 0 Å². The molecule has 2 amide bonds. The first-order chi connectivity index (χ1) is 12.4. The predicted molar refractivity (Wildman–Crippen MR) is 97.8 cm³/mol. The molecule has 8 nitrogen and oxygen atoms in total. The average molecular weight is 365 g/mol. The van der Waals surface area contributed by atoms with E-state index in [-0.39, 0.29) is 24.3 Å². The molecule has 3 N–H and O–H groups in total. The minimum Gasteiger partial charge on any atom is -0.493 e. The van der Waals surface area contributed by atoms with Crippen LogP contribution in [0.15, 0.2) is 12.1 Å². The van der Waals surface area contributed by atoms with Gasteiger partial charge in [-0.3, -0.25) is 9.59 Å². The quantitative estimate of drug-likeness (QED) is 0.710. The lowest BCUT2D eigenvalue weighted by Crippen LogP contribution is -2.35. The summed E-state index contributed by atoms with van der Waals surface area (Å²) in [6.07, 6.45) is 0.865. The third-order valence-corrected chi connectivity index (χ3v) is 4.36. The van der Waals surface area contributed by atoms with E-state index in [1.165, 1.54) is 21.3 Å². The molecular weight excluding hydrogens is 338 g/mol. The lowest BCUT2D eigenvalue weighted by atomic mass is 10.1. The molecule has 1 aliphatic rings. The minimum atomic E-state index is -0.394. The summed E-state index contributed by atoms with van der Waals surface area (Å²) >= 11 is 0. The van der Waals surface area contributed by atoms with Crippen LogP contribution in [-0.2, 0) is 9.59 Å². The fraction of sp³-hybridized carbons (Fsp3) is 0.556. The van der Waals surface area contributed by atoms with Crippen molar-refractivity contribution in [3.8, 4) is 17.2 Å². The Morgan fingerprint density at radius 3 is 2.38 bits per heavy atom. The summed E-state index contributed by atoms with van der Waals surface area (Å²) < 4.78 is 16.0. The van der Waals surface area contributed by atoms with Crippen LogP contribution < -0.4 is 30.2 Å². The number of nitrogens with two attached hydrogens (primary N) is 1. The number of benzene rings is 1. The standard InChI is InChI=1S/C18H27N3O5/c1-11(19)5-6-20-18(23)12-7-16(22)21(10-12)13-8-14(24-2)17(26-4)15(9-13)25-3/h8-9,11-12H,5-7,10,19H2,1-4H3,(H,20,23).